The minimum atomic E-state index is 0.731. The van der Waals surface area contributed by atoms with Crippen molar-refractivity contribution in [1.29, 1.82) is 0 Å². The Morgan fingerprint density at radius 2 is 2.39 bits per heavy atom. The second-order valence-electron chi connectivity index (χ2n) is 4.87. The molecular formula is C13H19N5. The van der Waals surface area contributed by atoms with E-state index in [0.717, 1.165) is 30.3 Å². The zero-order valence-electron chi connectivity index (χ0n) is 10.7. The Labute approximate surface area is 107 Å². The molecule has 0 bridgehead atoms. The van der Waals surface area contributed by atoms with Crippen LogP contribution in [0.4, 0.5) is 5.82 Å². The van der Waals surface area contributed by atoms with Gasteiger partial charge in [-0.05, 0) is 31.5 Å². The van der Waals surface area contributed by atoms with Crippen LogP contribution >= 0.6 is 0 Å². The molecule has 1 aliphatic heterocycles. The van der Waals surface area contributed by atoms with Gasteiger partial charge in [0.1, 0.15) is 5.52 Å². The summed E-state index contributed by atoms with van der Waals surface area (Å²) in [6, 6.07) is 1.99. The number of likely N-dealkylation sites (tertiary alicyclic amines) is 1. The van der Waals surface area contributed by atoms with Crippen LogP contribution in [-0.2, 0) is 0 Å². The zero-order valence-corrected chi connectivity index (χ0v) is 10.7. The standard InChI is InChI=1S/C13H19N5/c1-2-17-7-4-11(10-17)9-15-13-12-3-5-16-18(12)8-6-14-13/h3,5-6,8,11H,2,4,7,9-10H2,1H3,(H,14,15). The molecule has 1 fully saturated rings. The summed E-state index contributed by atoms with van der Waals surface area (Å²) in [6.45, 7) is 6.81. The van der Waals surface area contributed by atoms with Gasteiger partial charge in [-0.2, -0.15) is 5.10 Å². The molecule has 5 heteroatoms. The van der Waals surface area contributed by atoms with Gasteiger partial charge in [-0.15, -0.1) is 0 Å². The summed E-state index contributed by atoms with van der Waals surface area (Å²) >= 11 is 0. The Morgan fingerprint density at radius 1 is 1.44 bits per heavy atom. The van der Waals surface area contributed by atoms with E-state index < -0.39 is 0 Å². The number of aromatic nitrogens is 3. The van der Waals surface area contributed by atoms with Gasteiger partial charge in [0.05, 0.1) is 6.20 Å². The van der Waals surface area contributed by atoms with Crippen LogP contribution in [0.2, 0.25) is 0 Å². The average Bonchev–Trinajstić information content (AvgIpc) is 3.05. The molecule has 5 nitrogen and oxygen atoms in total. The van der Waals surface area contributed by atoms with E-state index >= 15 is 0 Å². The fourth-order valence-electron chi connectivity index (χ4n) is 2.60. The van der Waals surface area contributed by atoms with Crippen molar-refractivity contribution in [2.24, 2.45) is 5.92 Å². The van der Waals surface area contributed by atoms with E-state index in [0.29, 0.717) is 0 Å². The maximum Gasteiger partial charge on any atom is 0.152 e. The van der Waals surface area contributed by atoms with E-state index in [1.165, 1.54) is 19.5 Å². The topological polar surface area (TPSA) is 45.5 Å². The molecule has 1 aliphatic rings. The Bertz CT molecular complexity index is 521. The first-order chi connectivity index (χ1) is 8.86. The largest absolute Gasteiger partial charge is 0.368 e. The summed E-state index contributed by atoms with van der Waals surface area (Å²) in [5, 5.41) is 7.67. The molecule has 3 heterocycles. The third kappa shape index (κ3) is 2.18. The SMILES string of the molecule is CCN1CCC(CNc2nccn3nccc23)C1. The second-order valence-corrected chi connectivity index (χ2v) is 4.87. The lowest BCUT2D eigenvalue weighted by Crippen LogP contribution is -2.22. The highest BCUT2D eigenvalue weighted by molar-refractivity contribution is 5.66. The first kappa shape index (κ1) is 11.5. The smallest absolute Gasteiger partial charge is 0.152 e. The number of hydrogen-bond donors (Lipinski definition) is 1. The van der Waals surface area contributed by atoms with Gasteiger partial charge in [-0.25, -0.2) is 9.50 Å². The van der Waals surface area contributed by atoms with Gasteiger partial charge in [0.2, 0.25) is 0 Å². The highest BCUT2D eigenvalue weighted by Crippen LogP contribution is 2.18. The van der Waals surface area contributed by atoms with E-state index in [9.17, 15) is 0 Å². The number of hydrogen-bond acceptors (Lipinski definition) is 4. The minimum absolute atomic E-state index is 0.731. The normalized spacial score (nSPS) is 20.6. The third-order valence-corrected chi connectivity index (χ3v) is 3.70. The van der Waals surface area contributed by atoms with Crippen molar-refractivity contribution in [3.63, 3.8) is 0 Å². The van der Waals surface area contributed by atoms with Crippen LogP contribution in [0, 0.1) is 5.92 Å². The molecule has 3 rings (SSSR count). The Kier molecular flexibility index (Phi) is 3.15. The number of nitrogens with zero attached hydrogens (tertiary/aromatic N) is 4. The van der Waals surface area contributed by atoms with Crippen molar-refractivity contribution in [1.82, 2.24) is 19.5 Å². The van der Waals surface area contributed by atoms with E-state index in [4.69, 9.17) is 0 Å². The van der Waals surface area contributed by atoms with Gasteiger partial charge in [-0.3, -0.25) is 0 Å². The molecule has 0 amide bonds. The molecule has 1 N–H and O–H groups in total. The van der Waals surface area contributed by atoms with Gasteiger partial charge in [0.15, 0.2) is 5.82 Å². The van der Waals surface area contributed by atoms with Gasteiger partial charge in [0.25, 0.3) is 0 Å². The van der Waals surface area contributed by atoms with Crippen LogP contribution in [0.15, 0.2) is 24.7 Å². The minimum Gasteiger partial charge on any atom is -0.368 e. The van der Waals surface area contributed by atoms with Crippen molar-refractivity contribution in [3.05, 3.63) is 24.7 Å². The lowest BCUT2D eigenvalue weighted by molar-refractivity contribution is 0.345. The summed E-state index contributed by atoms with van der Waals surface area (Å²) < 4.78 is 1.85. The maximum absolute atomic E-state index is 4.39. The van der Waals surface area contributed by atoms with Gasteiger partial charge >= 0.3 is 0 Å². The predicted octanol–water partition coefficient (Wildman–Crippen LogP) is 1.48. The Morgan fingerprint density at radius 3 is 3.22 bits per heavy atom. The molecule has 96 valence electrons. The Hall–Kier alpha value is -1.62. The molecule has 1 atom stereocenters. The van der Waals surface area contributed by atoms with Crippen LogP contribution in [0.25, 0.3) is 5.52 Å². The van der Waals surface area contributed by atoms with Crippen molar-refractivity contribution in [3.8, 4) is 0 Å². The molecule has 0 aromatic carbocycles. The van der Waals surface area contributed by atoms with Crippen molar-refractivity contribution in [2.45, 2.75) is 13.3 Å². The van der Waals surface area contributed by atoms with Crippen molar-refractivity contribution in [2.75, 3.05) is 31.5 Å². The second kappa shape index (κ2) is 4.94. The van der Waals surface area contributed by atoms with E-state index in [-0.39, 0.29) is 0 Å². The maximum atomic E-state index is 4.39. The molecule has 0 aliphatic carbocycles. The quantitative estimate of drug-likeness (QED) is 0.886. The first-order valence-corrected chi connectivity index (χ1v) is 6.61. The van der Waals surface area contributed by atoms with Crippen LogP contribution in [0.5, 0.6) is 0 Å². The highest BCUT2D eigenvalue weighted by Gasteiger charge is 2.20. The molecule has 1 saturated heterocycles. The lowest BCUT2D eigenvalue weighted by atomic mass is 10.1. The summed E-state index contributed by atoms with van der Waals surface area (Å²) in [6.07, 6.45) is 6.74. The fraction of sp³-hybridized carbons (Fsp3) is 0.538. The molecule has 0 radical (unpaired) electrons. The first-order valence-electron chi connectivity index (χ1n) is 6.61. The summed E-state index contributed by atoms with van der Waals surface area (Å²) in [4.78, 5) is 6.89. The molecule has 1 unspecified atom stereocenters. The van der Waals surface area contributed by atoms with Gasteiger partial charge in [0, 0.05) is 25.5 Å². The summed E-state index contributed by atoms with van der Waals surface area (Å²) in [5.41, 5.74) is 1.04. The number of fused-ring (bicyclic) bond motifs is 1. The van der Waals surface area contributed by atoms with Crippen molar-refractivity contribution >= 4 is 11.3 Å². The van der Waals surface area contributed by atoms with Crippen molar-refractivity contribution < 1.29 is 0 Å². The average molecular weight is 245 g/mol. The third-order valence-electron chi connectivity index (χ3n) is 3.70. The Balaban J connectivity index is 1.65. The van der Waals surface area contributed by atoms with Crippen LogP contribution in [0.1, 0.15) is 13.3 Å². The predicted molar refractivity (Wildman–Crippen MR) is 71.7 cm³/mol. The number of rotatable bonds is 4. The van der Waals surface area contributed by atoms with Gasteiger partial charge < -0.3 is 10.2 Å². The highest BCUT2D eigenvalue weighted by atomic mass is 15.2. The fourth-order valence-corrected chi connectivity index (χ4v) is 2.60. The monoisotopic (exact) mass is 245 g/mol. The zero-order chi connectivity index (χ0) is 12.4. The molecule has 2 aromatic heterocycles. The van der Waals surface area contributed by atoms with E-state index in [2.05, 4.69) is 27.2 Å². The molecule has 18 heavy (non-hydrogen) atoms. The van der Waals surface area contributed by atoms with E-state index in [1.807, 2.05) is 16.8 Å². The molecule has 2 aromatic rings. The molecule has 0 spiro atoms. The van der Waals surface area contributed by atoms with Crippen LogP contribution in [-0.4, -0.2) is 45.7 Å². The summed E-state index contributed by atoms with van der Waals surface area (Å²) in [7, 11) is 0. The number of anilines is 1. The summed E-state index contributed by atoms with van der Waals surface area (Å²) in [5.74, 6) is 1.67. The molecular weight excluding hydrogens is 226 g/mol. The molecule has 0 saturated carbocycles. The van der Waals surface area contributed by atoms with E-state index in [1.54, 1.807) is 12.4 Å². The van der Waals surface area contributed by atoms with Crippen LogP contribution < -0.4 is 5.32 Å². The van der Waals surface area contributed by atoms with Gasteiger partial charge in [-0.1, -0.05) is 6.92 Å². The lowest BCUT2D eigenvalue weighted by Gasteiger charge is -2.14. The number of nitrogens with one attached hydrogen (secondary N) is 1. The van der Waals surface area contributed by atoms with Crippen LogP contribution in [0.3, 0.4) is 0 Å².